The van der Waals surface area contributed by atoms with Gasteiger partial charge in [-0.25, -0.2) is 4.79 Å². The summed E-state index contributed by atoms with van der Waals surface area (Å²) < 4.78 is 4.94. The lowest BCUT2D eigenvalue weighted by molar-refractivity contribution is 0.116. The van der Waals surface area contributed by atoms with Crippen LogP contribution in [0.2, 0.25) is 0 Å². The molecule has 1 N–H and O–H groups in total. The van der Waals surface area contributed by atoms with Crippen molar-refractivity contribution in [1.29, 1.82) is 0 Å². The molecule has 0 radical (unpaired) electrons. The van der Waals surface area contributed by atoms with Gasteiger partial charge in [-0.2, -0.15) is 0 Å². The molecule has 0 aliphatic rings. The molecule has 0 spiro atoms. The molecule has 0 bridgehead atoms. The average molecular weight is 207 g/mol. The molecule has 0 saturated carbocycles. The van der Waals surface area contributed by atoms with Gasteiger partial charge in [0.25, 0.3) is 0 Å². The number of rotatable bonds is 4. The van der Waals surface area contributed by atoms with Gasteiger partial charge in [-0.05, 0) is 25.8 Å². The van der Waals surface area contributed by atoms with Crippen molar-refractivity contribution in [3.63, 3.8) is 0 Å². The second kappa shape index (κ2) is 6.06. The second-order valence-corrected chi connectivity index (χ2v) is 3.62. The molecule has 0 aromatic heterocycles. The summed E-state index contributed by atoms with van der Waals surface area (Å²) in [6.07, 6.45) is 0.413. The molecule has 82 valence electrons. The molecule has 0 aliphatic heterocycles. The molecule has 15 heavy (non-hydrogen) atoms. The summed E-state index contributed by atoms with van der Waals surface area (Å²) in [5.41, 5.74) is 1.21. The van der Waals surface area contributed by atoms with Gasteiger partial charge >= 0.3 is 6.09 Å². The number of hydrogen-bond acceptors (Lipinski definition) is 2. The van der Waals surface area contributed by atoms with Crippen molar-refractivity contribution in [2.45, 2.75) is 26.4 Å². The van der Waals surface area contributed by atoms with Gasteiger partial charge in [-0.1, -0.05) is 30.3 Å². The Bertz CT molecular complexity index is 296. The van der Waals surface area contributed by atoms with Crippen LogP contribution < -0.4 is 5.32 Å². The van der Waals surface area contributed by atoms with Crippen LogP contribution in [0.25, 0.3) is 0 Å². The fourth-order valence-corrected chi connectivity index (χ4v) is 1.21. The third-order valence-corrected chi connectivity index (χ3v) is 1.87. The summed E-state index contributed by atoms with van der Waals surface area (Å²) in [6.45, 7) is 4.27. The van der Waals surface area contributed by atoms with Crippen LogP contribution in [-0.4, -0.2) is 18.7 Å². The first-order valence-corrected chi connectivity index (χ1v) is 5.17. The van der Waals surface area contributed by atoms with Gasteiger partial charge in [0.1, 0.15) is 0 Å². The summed E-state index contributed by atoms with van der Waals surface area (Å²) in [6, 6.07) is 10.0. The number of nitrogens with one attached hydrogen (secondary N) is 1. The van der Waals surface area contributed by atoms with Gasteiger partial charge in [-0.3, -0.25) is 0 Å². The van der Waals surface area contributed by atoms with E-state index in [1.54, 1.807) is 0 Å². The number of carbonyl (C=O) groups is 1. The molecular weight excluding hydrogens is 190 g/mol. The highest BCUT2D eigenvalue weighted by molar-refractivity contribution is 5.67. The van der Waals surface area contributed by atoms with Crippen LogP contribution in [0.5, 0.6) is 0 Å². The van der Waals surface area contributed by atoms with E-state index in [0.29, 0.717) is 6.54 Å². The van der Waals surface area contributed by atoms with Gasteiger partial charge < -0.3 is 10.1 Å². The van der Waals surface area contributed by atoms with E-state index in [0.717, 1.165) is 6.42 Å². The monoisotopic (exact) mass is 207 g/mol. The van der Waals surface area contributed by atoms with Crippen molar-refractivity contribution in [3.8, 4) is 0 Å². The van der Waals surface area contributed by atoms with Crippen LogP contribution in [0.15, 0.2) is 30.3 Å². The number of alkyl carbamates (subject to hydrolysis) is 1. The summed E-state index contributed by atoms with van der Waals surface area (Å²) in [5, 5.41) is 2.70. The van der Waals surface area contributed by atoms with Crippen molar-refractivity contribution in [1.82, 2.24) is 5.32 Å². The molecule has 0 aliphatic carbocycles. The normalized spacial score (nSPS) is 10.1. The smallest absolute Gasteiger partial charge is 0.407 e. The van der Waals surface area contributed by atoms with Crippen molar-refractivity contribution < 1.29 is 9.53 Å². The Morgan fingerprint density at radius 1 is 1.33 bits per heavy atom. The Morgan fingerprint density at radius 3 is 2.60 bits per heavy atom. The van der Waals surface area contributed by atoms with E-state index in [1.165, 1.54) is 5.56 Å². The minimum absolute atomic E-state index is 0.0678. The maximum Gasteiger partial charge on any atom is 0.407 e. The quantitative estimate of drug-likeness (QED) is 0.823. The summed E-state index contributed by atoms with van der Waals surface area (Å²) in [7, 11) is 0. The third-order valence-electron chi connectivity index (χ3n) is 1.87. The Kier molecular flexibility index (Phi) is 4.68. The van der Waals surface area contributed by atoms with Gasteiger partial charge in [0.05, 0.1) is 6.10 Å². The molecule has 0 fully saturated rings. The Labute approximate surface area is 90.4 Å². The molecular formula is C12H17NO2. The summed E-state index contributed by atoms with van der Waals surface area (Å²) in [5.74, 6) is 0. The van der Waals surface area contributed by atoms with Gasteiger partial charge in [0.15, 0.2) is 0 Å². The van der Waals surface area contributed by atoms with E-state index in [4.69, 9.17) is 4.74 Å². The highest BCUT2D eigenvalue weighted by atomic mass is 16.6. The van der Waals surface area contributed by atoms with Gasteiger partial charge in [0.2, 0.25) is 0 Å². The lowest BCUT2D eigenvalue weighted by atomic mass is 10.1. The van der Waals surface area contributed by atoms with E-state index in [2.05, 4.69) is 5.32 Å². The van der Waals surface area contributed by atoms with Crippen LogP contribution in [0, 0.1) is 0 Å². The molecule has 3 nitrogen and oxygen atoms in total. The fourth-order valence-electron chi connectivity index (χ4n) is 1.21. The zero-order valence-electron chi connectivity index (χ0n) is 9.19. The Morgan fingerprint density at radius 2 is 2.00 bits per heavy atom. The van der Waals surface area contributed by atoms with Gasteiger partial charge in [-0.15, -0.1) is 0 Å². The standard InChI is InChI=1S/C12H17NO2/c1-10(2)15-12(14)13-9-8-11-6-4-3-5-7-11/h3-7,10H,8-9H2,1-2H3,(H,13,14). The molecule has 1 amide bonds. The number of benzene rings is 1. The van der Waals surface area contributed by atoms with E-state index >= 15 is 0 Å². The maximum atomic E-state index is 11.1. The minimum atomic E-state index is -0.346. The molecule has 1 aromatic rings. The number of hydrogen-bond donors (Lipinski definition) is 1. The first kappa shape index (κ1) is 11.6. The first-order chi connectivity index (χ1) is 7.18. The lowest BCUT2D eigenvalue weighted by Gasteiger charge is -2.09. The maximum absolute atomic E-state index is 11.1. The van der Waals surface area contributed by atoms with E-state index < -0.39 is 0 Å². The molecule has 0 heterocycles. The molecule has 1 aromatic carbocycles. The molecule has 0 atom stereocenters. The Hall–Kier alpha value is -1.51. The van der Waals surface area contributed by atoms with Crippen molar-refractivity contribution in [3.05, 3.63) is 35.9 Å². The largest absolute Gasteiger partial charge is 0.447 e. The zero-order chi connectivity index (χ0) is 11.1. The first-order valence-electron chi connectivity index (χ1n) is 5.17. The number of carbonyl (C=O) groups excluding carboxylic acids is 1. The highest BCUT2D eigenvalue weighted by Gasteiger charge is 2.02. The SMILES string of the molecule is CC(C)OC(=O)NCCc1ccccc1. The molecule has 3 heteroatoms. The predicted molar refractivity (Wildman–Crippen MR) is 59.8 cm³/mol. The van der Waals surface area contributed by atoms with Crippen LogP contribution in [0.3, 0.4) is 0 Å². The third kappa shape index (κ3) is 5.05. The van der Waals surface area contributed by atoms with Crippen LogP contribution in [-0.2, 0) is 11.2 Å². The van der Waals surface area contributed by atoms with E-state index in [-0.39, 0.29) is 12.2 Å². The topological polar surface area (TPSA) is 38.3 Å². The molecule has 0 saturated heterocycles. The summed E-state index contributed by atoms with van der Waals surface area (Å²) >= 11 is 0. The predicted octanol–water partition coefficient (Wildman–Crippen LogP) is 2.36. The van der Waals surface area contributed by atoms with Crippen LogP contribution in [0.1, 0.15) is 19.4 Å². The fraction of sp³-hybridized carbons (Fsp3) is 0.417. The van der Waals surface area contributed by atoms with E-state index in [9.17, 15) is 4.79 Å². The second-order valence-electron chi connectivity index (χ2n) is 3.62. The van der Waals surface area contributed by atoms with E-state index in [1.807, 2.05) is 44.2 Å². The van der Waals surface area contributed by atoms with Crippen molar-refractivity contribution in [2.75, 3.05) is 6.54 Å². The molecule has 0 unspecified atom stereocenters. The van der Waals surface area contributed by atoms with Crippen LogP contribution in [0.4, 0.5) is 4.79 Å². The zero-order valence-corrected chi connectivity index (χ0v) is 9.19. The average Bonchev–Trinajstić information content (AvgIpc) is 2.18. The van der Waals surface area contributed by atoms with Crippen LogP contribution >= 0.6 is 0 Å². The number of amides is 1. The minimum Gasteiger partial charge on any atom is -0.447 e. The summed E-state index contributed by atoms with van der Waals surface area (Å²) in [4.78, 5) is 11.1. The van der Waals surface area contributed by atoms with Crippen molar-refractivity contribution >= 4 is 6.09 Å². The lowest BCUT2D eigenvalue weighted by Crippen LogP contribution is -2.28. The Balaban J connectivity index is 2.19. The highest BCUT2D eigenvalue weighted by Crippen LogP contribution is 1.98. The molecule has 1 rings (SSSR count). The van der Waals surface area contributed by atoms with Crippen molar-refractivity contribution in [2.24, 2.45) is 0 Å². The number of ether oxygens (including phenoxy) is 1. The van der Waals surface area contributed by atoms with Gasteiger partial charge in [0, 0.05) is 6.54 Å².